The highest BCUT2D eigenvalue weighted by atomic mass is 16.4. The Morgan fingerprint density at radius 2 is 1.48 bits per heavy atom. The van der Waals surface area contributed by atoms with Crippen molar-refractivity contribution in [2.24, 2.45) is 22.2 Å². The molecule has 0 saturated heterocycles. The molecule has 0 heterocycles. The number of aliphatic imine (C=N–C) groups is 1. The van der Waals surface area contributed by atoms with Crippen LogP contribution in [0.3, 0.4) is 0 Å². The average molecular weight is 402 g/mol. The summed E-state index contributed by atoms with van der Waals surface area (Å²) >= 11 is 0. The molecule has 0 aliphatic heterocycles. The molecular formula is C20H26N4O5. The van der Waals surface area contributed by atoms with Gasteiger partial charge in [0, 0.05) is 12.6 Å². The fourth-order valence-electron chi connectivity index (χ4n) is 2.13. The molecule has 0 aliphatic carbocycles. The number of aliphatic carboxylic acids is 1. The Balaban J connectivity index is 0.000000311. The number of carbonyl (C=O) groups is 1. The average Bonchev–Trinajstić information content (AvgIpc) is 2.64. The largest absolute Gasteiger partial charge is 0.508 e. The first-order valence-electron chi connectivity index (χ1n) is 8.71. The van der Waals surface area contributed by atoms with Crippen molar-refractivity contribution in [2.45, 2.75) is 18.9 Å². The van der Waals surface area contributed by atoms with Crippen molar-refractivity contribution in [1.82, 2.24) is 0 Å². The maximum atomic E-state index is 10.2. The number of carboxylic acids is 1. The Labute approximate surface area is 168 Å². The van der Waals surface area contributed by atoms with Crippen molar-refractivity contribution in [3.63, 3.8) is 0 Å². The zero-order valence-electron chi connectivity index (χ0n) is 15.8. The SMILES string of the molecule is NC(N)=NCCCC(N)C(=O)O.Oc1ccc(/C=C/c2cc(O)cc(O)c2)cc1. The standard InChI is InChI=1S/C14H12O3.C6H14N4O2/c15-12-5-3-10(4-6-12)1-2-11-7-13(16)9-14(17)8-11;7-4(5(11)12)2-1-3-10-6(8)9/h1-9,15-17H;4H,1-3,7H2,(H,11,12)(H4,8,9,10)/b2-1+;. The van der Waals surface area contributed by atoms with Crippen LogP contribution in [0.25, 0.3) is 12.2 Å². The molecule has 0 aliphatic rings. The summed E-state index contributed by atoms with van der Waals surface area (Å²) in [6.45, 7) is 0.420. The lowest BCUT2D eigenvalue weighted by molar-refractivity contribution is -0.138. The summed E-state index contributed by atoms with van der Waals surface area (Å²) in [6.07, 6.45) is 4.55. The third-order valence-electron chi connectivity index (χ3n) is 3.57. The van der Waals surface area contributed by atoms with Crippen molar-refractivity contribution in [3.05, 3.63) is 53.6 Å². The molecule has 0 bridgehead atoms. The van der Waals surface area contributed by atoms with Gasteiger partial charge in [-0.2, -0.15) is 0 Å². The van der Waals surface area contributed by atoms with Crippen molar-refractivity contribution in [2.75, 3.05) is 6.54 Å². The van der Waals surface area contributed by atoms with Gasteiger partial charge in [-0.25, -0.2) is 0 Å². The van der Waals surface area contributed by atoms with E-state index in [2.05, 4.69) is 4.99 Å². The van der Waals surface area contributed by atoms with Crippen molar-refractivity contribution >= 4 is 24.1 Å². The van der Waals surface area contributed by atoms with Crippen molar-refractivity contribution < 1.29 is 25.2 Å². The molecule has 2 aromatic carbocycles. The fraction of sp³-hybridized carbons (Fsp3) is 0.200. The van der Waals surface area contributed by atoms with Crippen molar-refractivity contribution in [1.29, 1.82) is 0 Å². The summed E-state index contributed by atoms with van der Waals surface area (Å²) in [4.78, 5) is 13.9. The molecule has 10 N–H and O–H groups in total. The van der Waals surface area contributed by atoms with E-state index in [0.29, 0.717) is 24.9 Å². The number of hydrogen-bond acceptors (Lipinski definition) is 6. The molecule has 156 valence electrons. The second-order valence-electron chi connectivity index (χ2n) is 6.10. The van der Waals surface area contributed by atoms with E-state index < -0.39 is 12.0 Å². The van der Waals surface area contributed by atoms with Gasteiger partial charge in [0.05, 0.1) is 0 Å². The highest BCUT2D eigenvalue weighted by molar-refractivity contribution is 5.75. The third kappa shape index (κ3) is 10.3. The van der Waals surface area contributed by atoms with Crippen LogP contribution in [-0.2, 0) is 4.79 Å². The Morgan fingerprint density at radius 3 is 2.00 bits per heavy atom. The monoisotopic (exact) mass is 402 g/mol. The van der Waals surface area contributed by atoms with Gasteiger partial charge in [-0.15, -0.1) is 0 Å². The smallest absolute Gasteiger partial charge is 0.320 e. The lowest BCUT2D eigenvalue weighted by Crippen LogP contribution is -2.30. The van der Waals surface area contributed by atoms with Gasteiger partial charge in [-0.05, 0) is 48.2 Å². The first-order chi connectivity index (χ1) is 13.7. The van der Waals surface area contributed by atoms with Gasteiger partial charge in [-0.3, -0.25) is 9.79 Å². The summed E-state index contributed by atoms with van der Waals surface area (Å²) in [5, 5.41) is 36.1. The normalized spacial score (nSPS) is 11.3. The topological polar surface area (TPSA) is 188 Å². The number of aromatic hydroxyl groups is 3. The molecule has 29 heavy (non-hydrogen) atoms. The minimum atomic E-state index is -1.00. The number of phenolic OH excluding ortho intramolecular Hbond substituents is 3. The zero-order valence-corrected chi connectivity index (χ0v) is 15.8. The quantitative estimate of drug-likeness (QED) is 0.157. The summed E-state index contributed by atoms with van der Waals surface area (Å²) in [7, 11) is 0. The predicted molar refractivity (Wildman–Crippen MR) is 112 cm³/mol. The first-order valence-corrected chi connectivity index (χ1v) is 8.71. The van der Waals surface area contributed by atoms with E-state index in [-0.39, 0.29) is 23.2 Å². The molecule has 1 unspecified atom stereocenters. The third-order valence-corrected chi connectivity index (χ3v) is 3.57. The van der Waals surface area contributed by atoms with Crippen LogP contribution in [-0.4, -0.2) is 44.9 Å². The zero-order chi connectivity index (χ0) is 21.8. The minimum absolute atomic E-state index is 0.0129. The number of nitrogens with zero attached hydrogens (tertiary/aromatic N) is 1. The Morgan fingerprint density at radius 1 is 0.931 bits per heavy atom. The van der Waals surface area contributed by atoms with Gasteiger partial charge < -0.3 is 37.6 Å². The highest BCUT2D eigenvalue weighted by Gasteiger charge is 2.09. The van der Waals surface area contributed by atoms with Crippen LogP contribution in [0.2, 0.25) is 0 Å². The molecule has 0 spiro atoms. The van der Waals surface area contributed by atoms with Gasteiger partial charge in [0.2, 0.25) is 0 Å². The number of hydrogen-bond donors (Lipinski definition) is 7. The van der Waals surface area contributed by atoms with E-state index in [9.17, 15) is 15.0 Å². The van der Waals surface area contributed by atoms with E-state index in [1.165, 1.54) is 6.07 Å². The van der Waals surface area contributed by atoms with Crippen LogP contribution in [0.5, 0.6) is 17.2 Å². The molecule has 0 aromatic heterocycles. The van der Waals surface area contributed by atoms with Crippen LogP contribution in [0.15, 0.2) is 47.5 Å². The number of nitrogens with two attached hydrogens (primary N) is 3. The second-order valence-corrected chi connectivity index (χ2v) is 6.10. The van der Waals surface area contributed by atoms with Crippen LogP contribution >= 0.6 is 0 Å². The number of phenols is 3. The molecular weight excluding hydrogens is 376 g/mol. The van der Waals surface area contributed by atoms with E-state index in [1.807, 2.05) is 6.08 Å². The van der Waals surface area contributed by atoms with Gasteiger partial charge in [0.25, 0.3) is 0 Å². The molecule has 2 aromatic rings. The Hall–Kier alpha value is -3.72. The van der Waals surface area contributed by atoms with Crippen LogP contribution < -0.4 is 17.2 Å². The number of rotatable bonds is 7. The maximum absolute atomic E-state index is 10.2. The van der Waals surface area contributed by atoms with Gasteiger partial charge in [-0.1, -0.05) is 24.3 Å². The molecule has 1 atom stereocenters. The highest BCUT2D eigenvalue weighted by Crippen LogP contribution is 2.22. The molecule has 0 saturated carbocycles. The summed E-state index contributed by atoms with van der Waals surface area (Å²) < 4.78 is 0. The van der Waals surface area contributed by atoms with Crippen LogP contribution in [0.1, 0.15) is 24.0 Å². The molecule has 2 rings (SSSR count). The number of benzene rings is 2. The van der Waals surface area contributed by atoms with Gasteiger partial charge >= 0.3 is 5.97 Å². The summed E-state index contributed by atoms with van der Waals surface area (Å²) in [5.41, 5.74) is 16.9. The number of carboxylic acid groups (broad SMARTS) is 1. The second kappa shape index (κ2) is 11.9. The summed E-state index contributed by atoms with van der Waals surface area (Å²) in [5.74, 6) is -0.721. The lowest BCUT2D eigenvalue weighted by atomic mass is 10.1. The fourth-order valence-corrected chi connectivity index (χ4v) is 2.13. The number of guanidine groups is 1. The molecule has 0 radical (unpaired) electrons. The minimum Gasteiger partial charge on any atom is -0.508 e. The molecule has 9 nitrogen and oxygen atoms in total. The van der Waals surface area contributed by atoms with E-state index in [1.54, 1.807) is 42.5 Å². The molecule has 0 fully saturated rings. The van der Waals surface area contributed by atoms with E-state index in [0.717, 1.165) is 5.56 Å². The van der Waals surface area contributed by atoms with Crippen molar-refractivity contribution in [3.8, 4) is 17.2 Å². The summed E-state index contributed by atoms with van der Waals surface area (Å²) in [6, 6.07) is 10.3. The van der Waals surface area contributed by atoms with Crippen LogP contribution in [0.4, 0.5) is 0 Å². The lowest BCUT2D eigenvalue weighted by Gasteiger charge is -2.03. The van der Waals surface area contributed by atoms with E-state index in [4.69, 9.17) is 27.4 Å². The van der Waals surface area contributed by atoms with E-state index >= 15 is 0 Å². The molecule has 9 heteroatoms. The predicted octanol–water partition coefficient (Wildman–Crippen LogP) is 1.43. The molecule has 0 amide bonds. The van der Waals surface area contributed by atoms with Gasteiger partial charge in [0.15, 0.2) is 5.96 Å². The van der Waals surface area contributed by atoms with Crippen LogP contribution in [0, 0.1) is 0 Å². The Bertz CT molecular complexity index is 826. The maximum Gasteiger partial charge on any atom is 0.320 e. The first kappa shape index (κ1) is 23.3. The Kier molecular flexibility index (Phi) is 9.55. The van der Waals surface area contributed by atoms with Gasteiger partial charge in [0.1, 0.15) is 23.3 Å².